The van der Waals surface area contributed by atoms with E-state index in [4.69, 9.17) is 0 Å². The molecule has 78 valence electrons. The third kappa shape index (κ3) is 3.37. The van der Waals surface area contributed by atoms with Crippen LogP contribution >= 0.6 is 0 Å². The van der Waals surface area contributed by atoms with Gasteiger partial charge in [0.15, 0.2) is 0 Å². The van der Waals surface area contributed by atoms with Crippen LogP contribution in [0.15, 0.2) is 12.3 Å². The van der Waals surface area contributed by atoms with E-state index >= 15 is 0 Å². The largest absolute Gasteiger partial charge is 0.229 e. The zero-order valence-electron chi connectivity index (χ0n) is 7.50. The third-order valence-electron chi connectivity index (χ3n) is 1.64. The van der Waals surface area contributed by atoms with E-state index in [0.29, 0.717) is 0 Å². The predicted octanol–water partition coefficient (Wildman–Crippen LogP) is 0.947. The second-order valence-electron chi connectivity index (χ2n) is 2.98. The van der Waals surface area contributed by atoms with Gasteiger partial charge < -0.3 is 0 Å². The van der Waals surface area contributed by atoms with Gasteiger partial charge in [0.05, 0.1) is 11.9 Å². The summed E-state index contributed by atoms with van der Waals surface area (Å²) >= 11 is 0. The van der Waals surface area contributed by atoms with Crippen LogP contribution in [0, 0.1) is 11.8 Å². The number of nitrogens with zero attached hydrogens (tertiary/aromatic N) is 1. The Balaban J connectivity index is 2.81. The van der Waals surface area contributed by atoms with Gasteiger partial charge >= 0.3 is 0 Å². The van der Waals surface area contributed by atoms with Crippen molar-refractivity contribution < 1.29 is 17.2 Å². The van der Waals surface area contributed by atoms with Gasteiger partial charge in [-0.15, -0.1) is 0 Å². The summed E-state index contributed by atoms with van der Waals surface area (Å²) in [6.07, 6.45) is 1.75. The lowest BCUT2D eigenvalue weighted by atomic mass is 10.2. The average Bonchev–Trinajstić information content (AvgIpc) is 2.05. The summed E-state index contributed by atoms with van der Waals surface area (Å²) in [5.41, 5.74) is 0.0305. The van der Waals surface area contributed by atoms with E-state index in [0.717, 1.165) is 18.5 Å². The molecular weight excluding hydrogens is 212 g/mol. The molecule has 0 aliphatic carbocycles. The number of aryl methyl sites for hydroxylation is 1. The molecule has 0 aliphatic rings. The van der Waals surface area contributed by atoms with E-state index in [1.165, 1.54) is 0 Å². The molecule has 0 aromatic carbocycles. The van der Waals surface area contributed by atoms with E-state index in [1.54, 1.807) is 0 Å². The normalized spacial score (nSPS) is 11.6. The molecule has 0 spiro atoms. The topological polar surface area (TPSA) is 47.0 Å². The van der Waals surface area contributed by atoms with Crippen LogP contribution in [0.2, 0.25) is 0 Å². The number of hydrogen-bond donors (Lipinski definition) is 0. The maximum Gasteiger partial charge on any atom is 0.213 e. The zero-order valence-corrected chi connectivity index (χ0v) is 8.31. The van der Waals surface area contributed by atoms with Gasteiger partial charge in [-0.25, -0.2) is 17.8 Å². The zero-order chi connectivity index (χ0) is 10.8. The summed E-state index contributed by atoms with van der Waals surface area (Å²) in [6.45, 7) is 0. The van der Waals surface area contributed by atoms with Crippen molar-refractivity contribution in [1.29, 1.82) is 0 Å². The van der Waals surface area contributed by atoms with Crippen LogP contribution in [0.4, 0.5) is 8.78 Å². The molecule has 1 rings (SSSR count). The van der Waals surface area contributed by atoms with Crippen LogP contribution in [-0.2, 0) is 16.3 Å². The lowest BCUT2D eigenvalue weighted by Gasteiger charge is -2.01. The molecule has 0 unspecified atom stereocenters. The Hall–Kier alpha value is -1.04. The molecule has 0 radical (unpaired) electrons. The fraction of sp³-hybridized carbons (Fsp3) is 0.375. The summed E-state index contributed by atoms with van der Waals surface area (Å²) in [5.74, 6) is -1.70. The summed E-state index contributed by atoms with van der Waals surface area (Å²) in [6, 6.07) is 0.903. The van der Waals surface area contributed by atoms with Crippen molar-refractivity contribution >= 4 is 9.84 Å². The molecule has 14 heavy (non-hydrogen) atoms. The molecule has 0 fully saturated rings. The van der Waals surface area contributed by atoms with Crippen LogP contribution in [0.5, 0.6) is 0 Å². The smallest absolute Gasteiger partial charge is 0.213 e. The SMILES string of the molecule is CS(=O)(=O)CCc1cc(F)ncc1F. The minimum Gasteiger partial charge on any atom is -0.229 e. The van der Waals surface area contributed by atoms with E-state index in [2.05, 4.69) is 4.98 Å². The van der Waals surface area contributed by atoms with E-state index in [9.17, 15) is 17.2 Å². The number of sulfone groups is 1. The number of hydrogen-bond acceptors (Lipinski definition) is 3. The van der Waals surface area contributed by atoms with Gasteiger partial charge in [-0.3, -0.25) is 0 Å². The first-order valence-electron chi connectivity index (χ1n) is 3.86. The van der Waals surface area contributed by atoms with Crippen LogP contribution in [-0.4, -0.2) is 25.4 Å². The Kier molecular flexibility index (Phi) is 3.15. The van der Waals surface area contributed by atoms with Gasteiger partial charge in [0.1, 0.15) is 15.7 Å². The fourth-order valence-corrected chi connectivity index (χ4v) is 1.53. The van der Waals surface area contributed by atoms with Crippen LogP contribution in [0.25, 0.3) is 0 Å². The summed E-state index contributed by atoms with van der Waals surface area (Å²) in [7, 11) is -3.16. The first-order valence-corrected chi connectivity index (χ1v) is 5.92. The third-order valence-corrected chi connectivity index (χ3v) is 2.59. The molecular formula is C8H9F2NO2S. The Morgan fingerprint density at radius 2 is 2.07 bits per heavy atom. The molecule has 1 heterocycles. The second kappa shape index (κ2) is 4.00. The highest BCUT2D eigenvalue weighted by Crippen LogP contribution is 2.08. The number of pyridine rings is 1. The van der Waals surface area contributed by atoms with Crippen LogP contribution in [0.1, 0.15) is 5.56 Å². The van der Waals surface area contributed by atoms with Gasteiger partial charge in [0, 0.05) is 6.26 Å². The Morgan fingerprint density at radius 3 is 2.64 bits per heavy atom. The van der Waals surface area contributed by atoms with Crippen molar-refractivity contribution in [2.45, 2.75) is 6.42 Å². The van der Waals surface area contributed by atoms with Crippen LogP contribution in [0.3, 0.4) is 0 Å². The molecule has 3 nitrogen and oxygen atoms in total. The number of halogens is 2. The minimum atomic E-state index is -3.16. The highest BCUT2D eigenvalue weighted by molar-refractivity contribution is 7.90. The molecule has 0 N–H and O–H groups in total. The molecule has 0 saturated carbocycles. The first kappa shape index (κ1) is 11.0. The maximum absolute atomic E-state index is 12.9. The summed E-state index contributed by atoms with van der Waals surface area (Å²) in [4.78, 5) is 3.09. The van der Waals surface area contributed by atoms with Gasteiger partial charge in [-0.2, -0.15) is 4.39 Å². The van der Waals surface area contributed by atoms with Crippen molar-refractivity contribution in [2.75, 3.05) is 12.0 Å². The van der Waals surface area contributed by atoms with E-state index in [-0.39, 0.29) is 17.7 Å². The van der Waals surface area contributed by atoms with Crippen molar-refractivity contribution in [3.05, 3.63) is 29.6 Å². The molecule has 1 aromatic heterocycles. The Labute approximate surface area is 80.7 Å². The lowest BCUT2D eigenvalue weighted by Crippen LogP contribution is -2.07. The summed E-state index contributed by atoms with van der Waals surface area (Å²) in [5, 5.41) is 0. The van der Waals surface area contributed by atoms with Gasteiger partial charge in [0.2, 0.25) is 5.95 Å². The molecule has 1 aromatic rings. The van der Waals surface area contributed by atoms with E-state index < -0.39 is 21.6 Å². The standard InChI is InChI=1S/C8H9F2NO2S/c1-14(12,13)3-2-6-4-8(10)11-5-7(6)9/h4-5H,2-3H2,1H3. The molecule has 0 aliphatic heterocycles. The summed E-state index contributed by atoms with van der Waals surface area (Å²) < 4.78 is 47.0. The van der Waals surface area contributed by atoms with Crippen molar-refractivity contribution in [3.8, 4) is 0 Å². The quantitative estimate of drug-likeness (QED) is 0.714. The average molecular weight is 221 g/mol. The number of aromatic nitrogens is 1. The molecule has 0 bridgehead atoms. The fourth-order valence-electron chi connectivity index (χ4n) is 0.938. The van der Waals surface area contributed by atoms with Crippen molar-refractivity contribution in [1.82, 2.24) is 4.98 Å². The molecule has 0 amide bonds. The van der Waals surface area contributed by atoms with Gasteiger partial charge in [-0.1, -0.05) is 0 Å². The first-order chi connectivity index (χ1) is 6.38. The minimum absolute atomic E-state index is 0.0305. The Bertz CT molecular complexity index is 431. The second-order valence-corrected chi connectivity index (χ2v) is 5.24. The highest BCUT2D eigenvalue weighted by Gasteiger charge is 2.08. The molecule has 6 heteroatoms. The van der Waals surface area contributed by atoms with E-state index in [1.807, 2.05) is 0 Å². The predicted molar refractivity (Wildman–Crippen MR) is 47.6 cm³/mol. The van der Waals surface area contributed by atoms with Gasteiger partial charge in [-0.05, 0) is 18.1 Å². The lowest BCUT2D eigenvalue weighted by molar-refractivity contribution is 0.549. The Morgan fingerprint density at radius 1 is 1.43 bits per heavy atom. The molecule has 0 atom stereocenters. The highest BCUT2D eigenvalue weighted by atomic mass is 32.2. The number of rotatable bonds is 3. The van der Waals surface area contributed by atoms with Gasteiger partial charge in [0.25, 0.3) is 0 Å². The van der Waals surface area contributed by atoms with Crippen molar-refractivity contribution in [3.63, 3.8) is 0 Å². The van der Waals surface area contributed by atoms with Crippen molar-refractivity contribution in [2.24, 2.45) is 0 Å². The maximum atomic E-state index is 12.9. The van der Waals surface area contributed by atoms with Crippen LogP contribution < -0.4 is 0 Å². The molecule has 0 saturated heterocycles. The monoisotopic (exact) mass is 221 g/mol.